The van der Waals surface area contributed by atoms with Crippen LogP contribution in [0.1, 0.15) is 11.1 Å². The molecule has 29 heavy (non-hydrogen) atoms. The normalized spacial score (nSPS) is 11.3. The molecule has 1 aromatic carbocycles. The molecule has 144 valence electrons. The number of methoxy groups -OCH3 is 1. The minimum atomic E-state index is 0.764. The molecule has 7 heteroatoms. The van der Waals surface area contributed by atoms with Gasteiger partial charge in [-0.25, -0.2) is 9.50 Å². The minimum absolute atomic E-state index is 0.764. The molecule has 0 saturated heterocycles. The number of thiophene rings is 1. The van der Waals surface area contributed by atoms with E-state index in [0.717, 1.165) is 43.6 Å². The van der Waals surface area contributed by atoms with Crippen LogP contribution in [0.25, 0.3) is 26.3 Å². The quantitative estimate of drug-likeness (QED) is 0.438. The van der Waals surface area contributed by atoms with E-state index in [1.165, 1.54) is 11.1 Å². The van der Waals surface area contributed by atoms with Gasteiger partial charge in [0.2, 0.25) is 0 Å². The molecule has 0 aliphatic rings. The molecule has 5 aromatic rings. The maximum atomic E-state index is 5.45. The van der Waals surface area contributed by atoms with Crippen molar-refractivity contribution >= 4 is 38.6 Å². The third kappa shape index (κ3) is 3.09. The summed E-state index contributed by atoms with van der Waals surface area (Å²) >= 11 is 1.65. The van der Waals surface area contributed by atoms with E-state index < -0.39 is 0 Å². The second kappa shape index (κ2) is 6.86. The van der Waals surface area contributed by atoms with Crippen molar-refractivity contribution in [2.45, 2.75) is 13.8 Å². The number of nitrogens with one attached hydrogen (secondary N) is 1. The third-order valence-electron chi connectivity index (χ3n) is 5.00. The maximum absolute atomic E-state index is 5.45. The summed E-state index contributed by atoms with van der Waals surface area (Å²) < 4.78 is 8.38. The Kier molecular flexibility index (Phi) is 4.17. The van der Waals surface area contributed by atoms with Crippen LogP contribution in [0, 0.1) is 13.8 Å². The number of ether oxygens (including phenoxy) is 1. The predicted molar refractivity (Wildman–Crippen MR) is 117 cm³/mol. The van der Waals surface area contributed by atoms with Crippen molar-refractivity contribution in [3.8, 4) is 16.3 Å². The number of rotatable bonds is 4. The molecule has 0 amide bonds. The molecular formula is C22H19N5OS. The minimum Gasteiger partial charge on any atom is -0.494 e. The molecule has 0 fully saturated rings. The van der Waals surface area contributed by atoms with E-state index in [0.29, 0.717) is 0 Å². The first kappa shape index (κ1) is 17.6. The van der Waals surface area contributed by atoms with Gasteiger partial charge in [-0.15, -0.1) is 16.4 Å². The zero-order chi connectivity index (χ0) is 20.0. The number of aryl methyl sites for hydroxylation is 2. The van der Waals surface area contributed by atoms with Gasteiger partial charge in [-0.05, 0) is 55.3 Å². The molecular weight excluding hydrogens is 382 g/mol. The van der Waals surface area contributed by atoms with Crippen LogP contribution in [0.2, 0.25) is 0 Å². The lowest BCUT2D eigenvalue weighted by atomic mass is 10.1. The average molecular weight is 401 g/mol. The SMILES string of the molecule is COc1cncc2cc(-c3cnc4ccc(Nc5ccc(C)c(C)c5)nn34)sc12. The van der Waals surface area contributed by atoms with Gasteiger partial charge in [-0.2, -0.15) is 0 Å². The van der Waals surface area contributed by atoms with Crippen molar-refractivity contribution in [3.63, 3.8) is 0 Å². The molecule has 4 heterocycles. The smallest absolute Gasteiger partial charge is 0.154 e. The lowest BCUT2D eigenvalue weighted by molar-refractivity contribution is 0.419. The van der Waals surface area contributed by atoms with Gasteiger partial charge in [-0.1, -0.05) is 6.07 Å². The Morgan fingerprint density at radius 3 is 2.72 bits per heavy atom. The number of hydrogen-bond acceptors (Lipinski definition) is 6. The maximum Gasteiger partial charge on any atom is 0.154 e. The number of pyridine rings is 1. The van der Waals surface area contributed by atoms with Crippen LogP contribution < -0.4 is 10.1 Å². The highest BCUT2D eigenvalue weighted by Gasteiger charge is 2.14. The molecule has 5 rings (SSSR count). The number of benzene rings is 1. The fourth-order valence-corrected chi connectivity index (χ4v) is 4.40. The second-order valence-corrected chi connectivity index (χ2v) is 7.98. The predicted octanol–water partition coefficient (Wildman–Crippen LogP) is 5.38. The number of aromatic nitrogens is 4. The number of imidazole rings is 1. The third-order valence-corrected chi connectivity index (χ3v) is 6.19. The Morgan fingerprint density at radius 2 is 1.90 bits per heavy atom. The molecule has 1 N–H and O–H groups in total. The van der Waals surface area contributed by atoms with Crippen molar-refractivity contribution in [1.29, 1.82) is 0 Å². The molecule has 0 spiro atoms. The number of anilines is 2. The highest BCUT2D eigenvalue weighted by molar-refractivity contribution is 7.22. The van der Waals surface area contributed by atoms with E-state index in [-0.39, 0.29) is 0 Å². The highest BCUT2D eigenvalue weighted by atomic mass is 32.1. The van der Waals surface area contributed by atoms with Crippen LogP contribution in [-0.4, -0.2) is 26.7 Å². The largest absolute Gasteiger partial charge is 0.494 e. The van der Waals surface area contributed by atoms with E-state index in [1.807, 2.05) is 29.0 Å². The monoisotopic (exact) mass is 401 g/mol. The van der Waals surface area contributed by atoms with E-state index in [1.54, 1.807) is 24.6 Å². The van der Waals surface area contributed by atoms with Crippen LogP contribution in [0.5, 0.6) is 5.75 Å². The van der Waals surface area contributed by atoms with Gasteiger partial charge < -0.3 is 10.1 Å². The summed E-state index contributed by atoms with van der Waals surface area (Å²) in [5, 5.41) is 9.21. The summed E-state index contributed by atoms with van der Waals surface area (Å²) in [6, 6.07) is 12.3. The topological polar surface area (TPSA) is 64.3 Å². The van der Waals surface area contributed by atoms with Gasteiger partial charge in [0, 0.05) is 17.3 Å². The highest BCUT2D eigenvalue weighted by Crippen LogP contribution is 2.38. The number of fused-ring (bicyclic) bond motifs is 2. The summed E-state index contributed by atoms with van der Waals surface area (Å²) in [5.41, 5.74) is 5.26. The Labute approximate surface area is 171 Å². The molecule has 0 atom stereocenters. The molecule has 0 aliphatic heterocycles. The standard InChI is InChI=1S/C22H19N5OS/c1-13-4-5-16(8-14(13)2)25-20-6-7-21-24-11-17(27(21)26-20)19-9-15-10-23-12-18(28-3)22(15)29-19/h4-12H,1-3H3,(H,25,26). The van der Waals surface area contributed by atoms with Crippen molar-refractivity contribution < 1.29 is 4.74 Å². The van der Waals surface area contributed by atoms with Crippen LogP contribution in [-0.2, 0) is 0 Å². The van der Waals surface area contributed by atoms with Crippen LogP contribution in [0.15, 0.2) is 55.0 Å². The first-order valence-corrected chi connectivity index (χ1v) is 10.0. The molecule has 6 nitrogen and oxygen atoms in total. The Morgan fingerprint density at radius 1 is 1.00 bits per heavy atom. The summed E-state index contributed by atoms with van der Waals surface area (Å²) in [6.07, 6.45) is 5.44. The van der Waals surface area contributed by atoms with Crippen molar-refractivity contribution in [3.05, 3.63) is 66.1 Å². The zero-order valence-electron chi connectivity index (χ0n) is 16.3. The van der Waals surface area contributed by atoms with E-state index in [2.05, 4.69) is 53.4 Å². The van der Waals surface area contributed by atoms with Crippen LogP contribution in [0.3, 0.4) is 0 Å². The summed E-state index contributed by atoms with van der Waals surface area (Å²) in [6.45, 7) is 4.21. The lowest BCUT2D eigenvalue weighted by Gasteiger charge is -2.08. The van der Waals surface area contributed by atoms with Crippen LogP contribution >= 0.6 is 11.3 Å². The summed E-state index contributed by atoms with van der Waals surface area (Å²) in [4.78, 5) is 9.83. The van der Waals surface area contributed by atoms with Gasteiger partial charge in [-0.3, -0.25) is 4.98 Å². The average Bonchev–Trinajstić information content (AvgIpc) is 3.34. The fraction of sp³-hybridized carbons (Fsp3) is 0.136. The Hall–Kier alpha value is -3.45. The Balaban J connectivity index is 1.57. The molecule has 0 radical (unpaired) electrons. The van der Waals surface area contributed by atoms with E-state index in [4.69, 9.17) is 9.84 Å². The van der Waals surface area contributed by atoms with Gasteiger partial charge in [0.1, 0.15) is 5.69 Å². The molecule has 0 aliphatic carbocycles. The van der Waals surface area contributed by atoms with Crippen LogP contribution in [0.4, 0.5) is 11.5 Å². The summed E-state index contributed by atoms with van der Waals surface area (Å²) in [7, 11) is 1.66. The van der Waals surface area contributed by atoms with Gasteiger partial charge >= 0.3 is 0 Å². The molecule has 0 bridgehead atoms. The van der Waals surface area contributed by atoms with Crippen molar-refractivity contribution in [2.24, 2.45) is 0 Å². The molecule has 4 aromatic heterocycles. The van der Waals surface area contributed by atoms with Crippen molar-refractivity contribution in [2.75, 3.05) is 12.4 Å². The van der Waals surface area contributed by atoms with Gasteiger partial charge in [0.25, 0.3) is 0 Å². The fourth-order valence-electron chi connectivity index (χ4n) is 3.28. The molecule has 0 saturated carbocycles. The van der Waals surface area contributed by atoms with E-state index in [9.17, 15) is 0 Å². The van der Waals surface area contributed by atoms with Gasteiger partial charge in [0.15, 0.2) is 17.2 Å². The number of nitrogens with zero attached hydrogens (tertiary/aromatic N) is 4. The second-order valence-electron chi connectivity index (χ2n) is 6.93. The van der Waals surface area contributed by atoms with Gasteiger partial charge in [0.05, 0.1) is 29.1 Å². The Bertz CT molecular complexity index is 1350. The lowest BCUT2D eigenvalue weighted by Crippen LogP contribution is -2.00. The van der Waals surface area contributed by atoms with E-state index >= 15 is 0 Å². The number of hydrogen-bond donors (Lipinski definition) is 1. The first-order chi connectivity index (χ1) is 14.1. The summed E-state index contributed by atoms with van der Waals surface area (Å²) in [5.74, 6) is 1.54. The molecule has 0 unspecified atom stereocenters. The zero-order valence-corrected chi connectivity index (χ0v) is 17.1. The van der Waals surface area contributed by atoms with Crippen molar-refractivity contribution in [1.82, 2.24) is 19.6 Å². The first-order valence-electron chi connectivity index (χ1n) is 9.23.